The van der Waals surface area contributed by atoms with Gasteiger partial charge in [-0.2, -0.15) is 0 Å². The van der Waals surface area contributed by atoms with Crippen LogP contribution in [0.1, 0.15) is 10.4 Å². The molecule has 8 heteroatoms. The fraction of sp³-hybridized carbons (Fsp3) is 0.167. The maximum absolute atomic E-state index is 11.9. The number of nitrogens with zero attached hydrogens (tertiary/aromatic N) is 1. The Balaban J connectivity index is 2.32. The van der Waals surface area contributed by atoms with Crippen molar-refractivity contribution < 1.29 is 24.4 Å². The van der Waals surface area contributed by atoms with Crippen LogP contribution in [0.5, 0.6) is 0 Å². The van der Waals surface area contributed by atoms with Gasteiger partial charge in [-0.25, -0.2) is 4.79 Å². The Morgan fingerprint density at radius 1 is 1.35 bits per heavy atom. The number of carboxylic acid groups (broad SMARTS) is 1. The number of ketones is 1. The van der Waals surface area contributed by atoms with E-state index in [1.807, 2.05) is 0 Å². The lowest BCUT2D eigenvalue weighted by molar-refractivity contribution is -0.383. The Morgan fingerprint density at radius 3 is 2.75 bits per heavy atom. The number of hydrogen-bond donors (Lipinski definition) is 2. The smallest absolute Gasteiger partial charge is 0.329 e. The molecule has 0 amide bonds. The van der Waals surface area contributed by atoms with Crippen LogP contribution in [0.2, 0.25) is 0 Å². The summed E-state index contributed by atoms with van der Waals surface area (Å²) in [5.74, 6) is -1.71. The highest BCUT2D eigenvalue weighted by molar-refractivity contribution is 6.11. The summed E-state index contributed by atoms with van der Waals surface area (Å²) in [5.41, 5.74) is 0.379. The molecule has 1 aromatic carbocycles. The van der Waals surface area contributed by atoms with Crippen molar-refractivity contribution in [3.8, 4) is 0 Å². The predicted molar refractivity (Wildman–Crippen MR) is 67.7 cm³/mol. The number of nitro benzene ring substituents is 1. The SMILES string of the molecule is O=C(O)COCC(=O)c1c[nH]c2cccc([N+](=O)[O-])c12. The second-order valence-electron chi connectivity index (χ2n) is 3.97. The Hall–Kier alpha value is -2.74. The first-order valence-corrected chi connectivity index (χ1v) is 5.58. The van der Waals surface area contributed by atoms with E-state index in [4.69, 9.17) is 9.84 Å². The number of nitrogens with one attached hydrogen (secondary N) is 1. The third kappa shape index (κ3) is 2.64. The molecule has 1 aromatic heterocycles. The van der Waals surface area contributed by atoms with E-state index in [0.29, 0.717) is 5.52 Å². The van der Waals surface area contributed by atoms with Crippen molar-refractivity contribution in [3.05, 3.63) is 40.1 Å². The van der Waals surface area contributed by atoms with Gasteiger partial charge in [-0.05, 0) is 6.07 Å². The number of fused-ring (bicyclic) bond motifs is 1. The molecule has 2 aromatic rings. The molecule has 0 spiro atoms. The number of hydrogen-bond acceptors (Lipinski definition) is 5. The monoisotopic (exact) mass is 278 g/mol. The molecule has 0 unspecified atom stereocenters. The molecule has 0 saturated carbocycles. The van der Waals surface area contributed by atoms with Gasteiger partial charge in [-0.3, -0.25) is 14.9 Å². The lowest BCUT2D eigenvalue weighted by atomic mass is 10.1. The number of aromatic amines is 1. The van der Waals surface area contributed by atoms with Crippen molar-refractivity contribution in [1.82, 2.24) is 4.98 Å². The van der Waals surface area contributed by atoms with E-state index in [0.717, 1.165) is 0 Å². The normalized spacial score (nSPS) is 10.6. The molecule has 8 nitrogen and oxygen atoms in total. The first-order valence-electron chi connectivity index (χ1n) is 5.58. The molecule has 2 rings (SSSR count). The van der Waals surface area contributed by atoms with Gasteiger partial charge in [0.1, 0.15) is 13.2 Å². The molecule has 0 atom stereocenters. The van der Waals surface area contributed by atoms with Crippen molar-refractivity contribution >= 4 is 28.3 Å². The van der Waals surface area contributed by atoms with Gasteiger partial charge in [0.25, 0.3) is 5.69 Å². The van der Waals surface area contributed by atoms with Crippen LogP contribution in [0, 0.1) is 10.1 Å². The Labute approximate surface area is 112 Å². The van der Waals surface area contributed by atoms with Crippen molar-refractivity contribution in [1.29, 1.82) is 0 Å². The van der Waals surface area contributed by atoms with Gasteiger partial charge in [0.05, 0.1) is 21.4 Å². The number of carbonyl (C=O) groups excluding carboxylic acids is 1. The minimum absolute atomic E-state index is 0.109. The van der Waals surface area contributed by atoms with Gasteiger partial charge >= 0.3 is 5.97 Å². The molecule has 0 fully saturated rings. The second-order valence-corrected chi connectivity index (χ2v) is 3.97. The van der Waals surface area contributed by atoms with E-state index in [-0.39, 0.29) is 16.6 Å². The van der Waals surface area contributed by atoms with Gasteiger partial charge in [-0.1, -0.05) is 6.07 Å². The van der Waals surface area contributed by atoms with Crippen molar-refractivity contribution in [2.24, 2.45) is 0 Å². The van der Waals surface area contributed by atoms with E-state index in [2.05, 4.69) is 4.98 Å². The summed E-state index contributed by atoms with van der Waals surface area (Å²) in [6.07, 6.45) is 1.35. The van der Waals surface area contributed by atoms with Gasteiger partial charge in [0.15, 0.2) is 5.78 Å². The number of ether oxygens (including phenoxy) is 1. The zero-order valence-corrected chi connectivity index (χ0v) is 10.2. The molecule has 0 bridgehead atoms. The van der Waals surface area contributed by atoms with Crippen LogP contribution in [-0.2, 0) is 9.53 Å². The fourth-order valence-corrected chi connectivity index (χ4v) is 1.85. The lowest BCUT2D eigenvalue weighted by Gasteiger charge is -2.00. The van der Waals surface area contributed by atoms with E-state index in [9.17, 15) is 19.7 Å². The lowest BCUT2D eigenvalue weighted by Crippen LogP contribution is -2.14. The molecule has 104 valence electrons. The summed E-state index contributed by atoms with van der Waals surface area (Å²) >= 11 is 0. The number of benzene rings is 1. The third-order valence-electron chi connectivity index (χ3n) is 2.64. The summed E-state index contributed by atoms with van der Waals surface area (Å²) in [7, 11) is 0. The maximum atomic E-state index is 11.9. The first-order chi connectivity index (χ1) is 9.50. The standard InChI is InChI=1S/C12H10N2O6/c15-10(5-20-6-11(16)17)7-4-13-8-2-1-3-9(12(7)8)14(18)19/h1-4,13H,5-6H2,(H,16,17). The molecular formula is C12H10N2O6. The van der Waals surface area contributed by atoms with Gasteiger partial charge in [0, 0.05) is 12.3 Å². The number of carboxylic acids is 1. The zero-order chi connectivity index (χ0) is 14.7. The average Bonchev–Trinajstić information content (AvgIpc) is 2.81. The Kier molecular flexibility index (Phi) is 3.76. The Bertz CT molecular complexity index is 690. The van der Waals surface area contributed by atoms with Crippen molar-refractivity contribution in [2.45, 2.75) is 0 Å². The van der Waals surface area contributed by atoms with E-state index < -0.39 is 29.9 Å². The van der Waals surface area contributed by atoms with Gasteiger partial charge < -0.3 is 14.8 Å². The van der Waals surface area contributed by atoms with Crippen LogP contribution < -0.4 is 0 Å². The number of nitro groups is 1. The predicted octanol–water partition coefficient (Wildman–Crippen LogP) is 1.36. The first kappa shape index (κ1) is 13.7. The maximum Gasteiger partial charge on any atom is 0.329 e. The van der Waals surface area contributed by atoms with Crippen LogP contribution in [0.25, 0.3) is 10.9 Å². The van der Waals surface area contributed by atoms with Crippen molar-refractivity contribution in [2.75, 3.05) is 13.2 Å². The summed E-state index contributed by atoms with van der Waals surface area (Å²) in [6, 6.07) is 4.41. The molecule has 0 saturated heterocycles. The molecule has 0 aliphatic heterocycles. The minimum Gasteiger partial charge on any atom is -0.480 e. The highest BCUT2D eigenvalue weighted by atomic mass is 16.6. The number of aliphatic carboxylic acids is 1. The number of Topliss-reactive ketones (excluding diaryl/α,β-unsaturated/α-hetero) is 1. The topological polar surface area (TPSA) is 123 Å². The number of aromatic nitrogens is 1. The molecule has 0 aliphatic carbocycles. The average molecular weight is 278 g/mol. The van der Waals surface area contributed by atoms with Crippen molar-refractivity contribution in [3.63, 3.8) is 0 Å². The highest BCUT2D eigenvalue weighted by Crippen LogP contribution is 2.28. The van der Waals surface area contributed by atoms with Gasteiger partial charge in [0.2, 0.25) is 0 Å². The molecule has 0 radical (unpaired) electrons. The third-order valence-corrected chi connectivity index (χ3v) is 2.64. The molecular weight excluding hydrogens is 268 g/mol. The summed E-state index contributed by atoms with van der Waals surface area (Å²) in [6.45, 7) is -1.05. The van der Waals surface area contributed by atoms with Crippen LogP contribution >= 0.6 is 0 Å². The summed E-state index contributed by atoms with van der Waals surface area (Å²) in [5, 5.41) is 19.6. The zero-order valence-electron chi connectivity index (χ0n) is 10.2. The number of rotatable bonds is 6. The van der Waals surface area contributed by atoms with E-state index in [1.165, 1.54) is 18.3 Å². The number of H-pyrrole nitrogens is 1. The largest absolute Gasteiger partial charge is 0.480 e. The highest BCUT2D eigenvalue weighted by Gasteiger charge is 2.20. The van der Waals surface area contributed by atoms with E-state index in [1.54, 1.807) is 6.07 Å². The fourth-order valence-electron chi connectivity index (χ4n) is 1.85. The van der Waals surface area contributed by atoms with Crippen LogP contribution in [-0.4, -0.2) is 40.0 Å². The van der Waals surface area contributed by atoms with E-state index >= 15 is 0 Å². The summed E-state index contributed by atoms with van der Waals surface area (Å²) in [4.78, 5) is 35.4. The minimum atomic E-state index is -1.19. The summed E-state index contributed by atoms with van der Waals surface area (Å²) < 4.78 is 4.70. The quantitative estimate of drug-likeness (QED) is 0.467. The molecule has 1 heterocycles. The van der Waals surface area contributed by atoms with Crippen LogP contribution in [0.4, 0.5) is 5.69 Å². The van der Waals surface area contributed by atoms with Crippen LogP contribution in [0.3, 0.4) is 0 Å². The molecule has 0 aliphatic rings. The van der Waals surface area contributed by atoms with Gasteiger partial charge in [-0.15, -0.1) is 0 Å². The Morgan fingerprint density at radius 2 is 2.10 bits per heavy atom. The molecule has 20 heavy (non-hydrogen) atoms. The van der Waals surface area contributed by atoms with Crippen LogP contribution in [0.15, 0.2) is 24.4 Å². The number of carbonyl (C=O) groups is 2. The number of non-ortho nitro benzene ring substituents is 1. The molecule has 2 N–H and O–H groups in total. The second kappa shape index (κ2) is 5.49.